The molecule has 4 heterocycles. The van der Waals surface area contributed by atoms with E-state index >= 15 is 0 Å². The van der Waals surface area contributed by atoms with Crippen molar-refractivity contribution >= 4 is 56.6 Å². The number of halogens is 3. The molecule has 0 saturated heterocycles. The van der Waals surface area contributed by atoms with Crippen molar-refractivity contribution in [2.24, 2.45) is 0 Å². The summed E-state index contributed by atoms with van der Waals surface area (Å²) >= 11 is 16.6. The predicted molar refractivity (Wildman–Crippen MR) is 159 cm³/mol. The highest BCUT2D eigenvalue weighted by Gasteiger charge is 2.26. The largest absolute Gasteiger partial charge is 0.344 e. The van der Waals surface area contributed by atoms with E-state index in [0.717, 1.165) is 17.3 Å². The Morgan fingerprint density at radius 3 is 1.95 bits per heavy atom. The van der Waals surface area contributed by atoms with E-state index in [1.807, 2.05) is 6.07 Å². The molecule has 0 unspecified atom stereocenters. The fraction of sp³-hybridized carbons (Fsp3) is 0.200. The van der Waals surface area contributed by atoms with Gasteiger partial charge < -0.3 is 9.13 Å². The van der Waals surface area contributed by atoms with Crippen LogP contribution in [0, 0.1) is 0 Å². The van der Waals surface area contributed by atoms with E-state index in [0.29, 0.717) is 16.5 Å². The summed E-state index contributed by atoms with van der Waals surface area (Å²) in [7, 11) is 0. The van der Waals surface area contributed by atoms with Gasteiger partial charge in [-0.15, -0.1) is 0 Å². The SMILES string of the molecule is Clc1ccnc(Cl)n1.Clc1nccc(-c2cn(C3CC3)c3ccccc23)n1.c1ccc2c(c1)ccn2C1CC1. The van der Waals surface area contributed by atoms with Crippen LogP contribution >= 0.6 is 34.8 Å². The molecule has 0 N–H and O–H groups in total. The number of fused-ring (bicyclic) bond motifs is 2. The van der Waals surface area contributed by atoms with Crippen molar-refractivity contribution in [1.29, 1.82) is 0 Å². The molecular formula is C30H25Cl3N6. The summed E-state index contributed by atoms with van der Waals surface area (Å²) in [4.78, 5) is 15.5. The van der Waals surface area contributed by atoms with Crippen LogP contribution in [0.5, 0.6) is 0 Å². The maximum absolute atomic E-state index is 5.90. The molecule has 0 aliphatic heterocycles. The van der Waals surface area contributed by atoms with Crippen molar-refractivity contribution in [1.82, 2.24) is 29.1 Å². The number of hydrogen-bond donors (Lipinski definition) is 0. The van der Waals surface area contributed by atoms with Crippen molar-refractivity contribution < 1.29 is 0 Å². The van der Waals surface area contributed by atoms with Gasteiger partial charge >= 0.3 is 0 Å². The molecule has 6 nitrogen and oxygen atoms in total. The van der Waals surface area contributed by atoms with Gasteiger partial charge in [0.25, 0.3) is 0 Å². The maximum Gasteiger partial charge on any atom is 0.223 e. The number of para-hydroxylation sites is 2. The van der Waals surface area contributed by atoms with E-state index in [1.54, 1.807) is 12.3 Å². The van der Waals surface area contributed by atoms with Gasteiger partial charge in [0, 0.05) is 58.9 Å². The van der Waals surface area contributed by atoms with E-state index in [9.17, 15) is 0 Å². The number of rotatable bonds is 3. The fourth-order valence-corrected chi connectivity index (χ4v) is 5.11. The van der Waals surface area contributed by atoms with Crippen molar-refractivity contribution in [2.75, 3.05) is 0 Å². The molecule has 39 heavy (non-hydrogen) atoms. The number of aromatic nitrogens is 6. The Morgan fingerprint density at radius 1 is 0.641 bits per heavy atom. The highest BCUT2D eigenvalue weighted by molar-refractivity contribution is 6.31. The molecule has 6 aromatic rings. The second-order valence-corrected chi connectivity index (χ2v) is 10.6. The van der Waals surface area contributed by atoms with E-state index in [2.05, 4.69) is 96.1 Å². The van der Waals surface area contributed by atoms with Crippen LogP contribution in [0.25, 0.3) is 33.1 Å². The third kappa shape index (κ3) is 6.09. The van der Waals surface area contributed by atoms with Crippen LogP contribution in [0.1, 0.15) is 37.8 Å². The standard InChI is InChI=1S/C15H12ClN3.C11H11N.C4H2Cl2N2/c16-15-17-8-7-13(18-15)12-9-19(10-5-6-10)14-4-2-1-3-11(12)14;1-2-4-11-9(3-1)7-8-12(11)10-5-6-10;5-3-1-2-7-4(6)8-3/h1-4,7-10H,5-6H2;1-4,7-8,10H,5-6H2;1-2H. The van der Waals surface area contributed by atoms with Gasteiger partial charge in [-0.05, 0) is 84.6 Å². The highest BCUT2D eigenvalue weighted by Crippen LogP contribution is 2.41. The zero-order valence-electron chi connectivity index (χ0n) is 21.0. The lowest BCUT2D eigenvalue weighted by atomic mass is 10.1. The van der Waals surface area contributed by atoms with E-state index in [1.165, 1.54) is 53.7 Å². The zero-order valence-corrected chi connectivity index (χ0v) is 23.2. The second-order valence-electron chi connectivity index (χ2n) is 9.57. The summed E-state index contributed by atoms with van der Waals surface area (Å²) in [6.07, 6.45) is 12.9. The molecule has 196 valence electrons. The van der Waals surface area contributed by atoms with Crippen molar-refractivity contribution in [3.8, 4) is 11.3 Å². The Kier molecular flexibility index (Phi) is 7.51. The van der Waals surface area contributed by atoms with Gasteiger partial charge in [-0.1, -0.05) is 48.0 Å². The summed E-state index contributed by atoms with van der Waals surface area (Å²) in [6, 6.07) is 24.2. The summed E-state index contributed by atoms with van der Waals surface area (Å²) in [6.45, 7) is 0. The Labute approximate surface area is 241 Å². The summed E-state index contributed by atoms with van der Waals surface area (Å²) < 4.78 is 4.76. The Balaban J connectivity index is 0.000000118. The smallest absolute Gasteiger partial charge is 0.223 e. The minimum Gasteiger partial charge on any atom is -0.344 e. The van der Waals surface area contributed by atoms with Crippen LogP contribution in [0.3, 0.4) is 0 Å². The lowest BCUT2D eigenvalue weighted by Gasteiger charge is -2.00. The van der Waals surface area contributed by atoms with E-state index in [-0.39, 0.29) is 5.28 Å². The molecule has 2 fully saturated rings. The normalized spacial score (nSPS) is 14.4. The Hall–Kier alpha value is -3.45. The van der Waals surface area contributed by atoms with E-state index < -0.39 is 0 Å². The van der Waals surface area contributed by atoms with Gasteiger partial charge in [0.2, 0.25) is 10.6 Å². The van der Waals surface area contributed by atoms with Crippen LogP contribution < -0.4 is 0 Å². The van der Waals surface area contributed by atoms with Crippen LogP contribution in [0.4, 0.5) is 0 Å². The number of hydrogen-bond acceptors (Lipinski definition) is 4. The fourth-order valence-electron chi connectivity index (χ4n) is 4.64. The minimum absolute atomic E-state index is 0.178. The molecule has 8 rings (SSSR count). The summed E-state index contributed by atoms with van der Waals surface area (Å²) in [5.74, 6) is 0. The molecule has 2 aliphatic rings. The van der Waals surface area contributed by atoms with Gasteiger partial charge in [0.1, 0.15) is 5.15 Å². The van der Waals surface area contributed by atoms with Crippen LogP contribution in [0.2, 0.25) is 15.7 Å². The monoisotopic (exact) mass is 574 g/mol. The zero-order chi connectivity index (χ0) is 26.8. The van der Waals surface area contributed by atoms with Crippen LogP contribution in [-0.2, 0) is 0 Å². The second kappa shape index (κ2) is 11.3. The van der Waals surface area contributed by atoms with Crippen molar-refractivity contribution in [3.63, 3.8) is 0 Å². The molecule has 0 bridgehead atoms. The van der Waals surface area contributed by atoms with Gasteiger partial charge in [-0.2, -0.15) is 0 Å². The number of nitrogens with zero attached hydrogens (tertiary/aromatic N) is 6. The third-order valence-electron chi connectivity index (χ3n) is 6.75. The molecule has 0 amide bonds. The Bertz CT molecular complexity index is 1720. The van der Waals surface area contributed by atoms with Gasteiger partial charge in [0.15, 0.2) is 0 Å². The molecule has 2 aliphatic carbocycles. The first-order valence-electron chi connectivity index (χ1n) is 12.8. The Morgan fingerprint density at radius 2 is 1.28 bits per heavy atom. The predicted octanol–water partition coefficient (Wildman–Crippen LogP) is 8.85. The molecular weight excluding hydrogens is 551 g/mol. The minimum atomic E-state index is 0.178. The lowest BCUT2D eigenvalue weighted by molar-refractivity contribution is 0.776. The van der Waals surface area contributed by atoms with Crippen molar-refractivity contribution in [3.05, 3.63) is 107 Å². The first kappa shape index (κ1) is 25.8. The molecule has 9 heteroatoms. The molecule has 0 spiro atoms. The van der Waals surface area contributed by atoms with Crippen LogP contribution in [-0.4, -0.2) is 29.1 Å². The topological polar surface area (TPSA) is 61.4 Å². The molecule has 2 aromatic carbocycles. The average Bonchev–Trinajstić information content (AvgIpc) is 3.89. The molecule has 0 radical (unpaired) electrons. The first-order chi connectivity index (χ1) is 19.1. The van der Waals surface area contributed by atoms with Gasteiger partial charge in [-0.25, -0.2) is 19.9 Å². The first-order valence-corrected chi connectivity index (χ1v) is 14.0. The third-order valence-corrected chi connectivity index (χ3v) is 7.32. The summed E-state index contributed by atoms with van der Waals surface area (Å²) in [5, 5.41) is 3.43. The summed E-state index contributed by atoms with van der Waals surface area (Å²) in [5.41, 5.74) is 4.68. The highest BCUT2D eigenvalue weighted by atomic mass is 35.5. The molecule has 2 saturated carbocycles. The van der Waals surface area contributed by atoms with Crippen LogP contribution in [0.15, 0.2) is 91.5 Å². The average molecular weight is 576 g/mol. The number of benzene rings is 2. The van der Waals surface area contributed by atoms with Gasteiger partial charge in [-0.3, -0.25) is 0 Å². The lowest BCUT2D eigenvalue weighted by Crippen LogP contribution is -1.89. The molecule has 0 atom stereocenters. The maximum atomic E-state index is 5.90. The molecule has 4 aromatic heterocycles. The van der Waals surface area contributed by atoms with Gasteiger partial charge in [0.05, 0.1) is 5.69 Å². The quantitative estimate of drug-likeness (QED) is 0.156. The van der Waals surface area contributed by atoms with E-state index in [4.69, 9.17) is 34.8 Å². The van der Waals surface area contributed by atoms with Crippen molar-refractivity contribution in [2.45, 2.75) is 37.8 Å².